The van der Waals surface area contributed by atoms with E-state index < -0.39 is 0 Å². The summed E-state index contributed by atoms with van der Waals surface area (Å²) in [4.78, 5) is 11.2. The van der Waals surface area contributed by atoms with Crippen LogP contribution in [-0.4, -0.2) is 19.1 Å². The number of aryl methyl sites for hydroxylation is 1. The summed E-state index contributed by atoms with van der Waals surface area (Å²) in [7, 11) is 0. The summed E-state index contributed by atoms with van der Waals surface area (Å²) in [6, 6.07) is 8.01. The lowest BCUT2D eigenvalue weighted by atomic mass is 10.2. The molecule has 0 atom stereocenters. The maximum Gasteiger partial charge on any atom is 0.219 e. The van der Waals surface area contributed by atoms with Crippen LogP contribution in [0.4, 0.5) is 0 Å². The first-order valence-corrected chi connectivity index (χ1v) is 6.18. The van der Waals surface area contributed by atoms with Crippen LogP contribution in [0.15, 0.2) is 24.3 Å². The lowest BCUT2D eigenvalue weighted by molar-refractivity contribution is -0.121. The number of nitrogens with one attached hydrogen (secondary N) is 1. The van der Waals surface area contributed by atoms with Gasteiger partial charge in [0.1, 0.15) is 5.75 Å². The Morgan fingerprint density at radius 2 is 1.94 bits per heavy atom. The van der Waals surface area contributed by atoms with E-state index in [0.717, 1.165) is 18.6 Å². The number of carbonyl (C=O) groups excluding carboxylic acids is 1. The number of ether oxygens (including phenoxy) is 1. The minimum atomic E-state index is 0.128. The van der Waals surface area contributed by atoms with E-state index in [0.29, 0.717) is 19.6 Å². The Balaban J connectivity index is 2.08. The van der Waals surface area contributed by atoms with Crippen molar-refractivity contribution in [3.05, 3.63) is 29.8 Å². The van der Waals surface area contributed by atoms with Gasteiger partial charge in [-0.05, 0) is 38.8 Å². The van der Waals surface area contributed by atoms with Gasteiger partial charge < -0.3 is 10.1 Å². The van der Waals surface area contributed by atoms with Crippen molar-refractivity contribution in [3.63, 3.8) is 0 Å². The fraction of sp³-hybridized carbons (Fsp3) is 0.500. The highest BCUT2D eigenvalue weighted by Gasteiger charge is 1.99. The van der Waals surface area contributed by atoms with Gasteiger partial charge in [-0.15, -0.1) is 0 Å². The van der Waals surface area contributed by atoms with Crippen molar-refractivity contribution in [2.45, 2.75) is 33.1 Å². The first-order valence-electron chi connectivity index (χ1n) is 6.18. The fourth-order valence-corrected chi connectivity index (χ4v) is 1.50. The van der Waals surface area contributed by atoms with Gasteiger partial charge in [0.25, 0.3) is 0 Å². The third kappa shape index (κ3) is 5.95. The van der Waals surface area contributed by atoms with Gasteiger partial charge in [-0.1, -0.05) is 17.7 Å². The summed E-state index contributed by atoms with van der Waals surface area (Å²) in [5, 5.41) is 2.78. The van der Waals surface area contributed by atoms with Crippen LogP contribution in [0, 0.1) is 6.92 Å². The number of rotatable bonds is 7. The molecule has 0 unspecified atom stereocenters. The molecule has 0 aliphatic heterocycles. The van der Waals surface area contributed by atoms with Crippen molar-refractivity contribution in [1.29, 1.82) is 0 Å². The first kappa shape index (κ1) is 13.6. The average Bonchev–Trinajstić information content (AvgIpc) is 2.31. The molecule has 0 spiro atoms. The molecule has 1 aromatic rings. The zero-order valence-corrected chi connectivity index (χ0v) is 10.7. The van der Waals surface area contributed by atoms with Gasteiger partial charge in [0, 0.05) is 13.0 Å². The maximum atomic E-state index is 11.2. The molecule has 1 aromatic carbocycles. The number of hydrogen-bond donors (Lipinski definition) is 1. The normalized spacial score (nSPS) is 10.0. The summed E-state index contributed by atoms with van der Waals surface area (Å²) >= 11 is 0. The molecule has 0 bridgehead atoms. The third-order valence-electron chi connectivity index (χ3n) is 2.46. The molecule has 0 radical (unpaired) electrons. The molecule has 0 saturated carbocycles. The van der Waals surface area contributed by atoms with E-state index >= 15 is 0 Å². The molecular weight excluding hydrogens is 214 g/mol. The Bertz CT molecular complexity index is 333. The first-order chi connectivity index (χ1) is 8.22. The molecule has 0 aromatic heterocycles. The number of hydrogen-bond acceptors (Lipinski definition) is 2. The molecular formula is C14H21NO2. The van der Waals surface area contributed by atoms with Crippen LogP contribution in [0.2, 0.25) is 0 Å². The number of amides is 1. The van der Waals surface area contributed by atoms with E-state index in [2.05, 4.69) is 12.2 Å². The zero-order valence-electron chi connectivity index (χ0n) is 10.7. The van der Waals surface area contributed by atoms with E-state index in [1.807, 2.05) is 31.2 Å². The van der Waals surface area contributed by atoms with Gasteiger partial charge in [-0.25, -0.2) is 0 Å². The van der Waals surface area contributed by atoms with Gasteiger partial charge in [0.05, 0.1) is 6.61 Å². The molecule has 0 aliphatic carbocycles. The zero-order chi connectivity index (χ0) is 12.5. The smallest absolute Gasteiger partial charge is 0.219 e. The third-order valence-corrected chi connectivity index (χ3v) is 2.46. The highest BCUT2D eigenvalue weighted by molar-refractivity contribution is 5.75. The molecule has 0 fully saturated rings. The van der Waals surface area contributed by atoms with Gasteiger partial charge in [0.15, 0.2) is 0 Å². The minimum Gasteiger partial charge on any atom is -0.494 e. The monoisotopic (exact) mass is 235 g/mol. The molecule has 1 rings (SSSR count). The van der Waals surface area contributed by atoms with Crippen molar-refractivity contribution < 1.29 is 9.53 Å². The summed E-state index contributed by atoms with van der Waals surface area (Å²) in [6.07, 6.45) is 2.37. The van der Waals surface area contributed by atoms with Crippen LogP contribution in [0.1, 0.15) is 31.7 Å². The predicted molar refractivity (Wildman–Crippen MR) is 69.2 cm³/mol. The highest BCUT2D eigenvalue weighted by Crippen LogP contribution is 2.11. The van der Waals surface area contributed by atoms with Crippen molar-refractivity contribution in [2.75, 3.05) is 13.2 Å². The van der Waals surface area contributed by atoms with Gasteiger partial charge in [0.2, 0.25) is 5.91 Å². The average molecular weight is 235 g/mol. The van der Waals surface area contributed by atoms with Crippen LogP contribution < -0.4 is 10.1 Å². The highest BCUT2D eigenvalue weighted by atomic mass is 16.5. The topological polar surface area (TPSA) is 38.3 Å². The van der Waals surface area contributed by atoms with Crippen LogP contribution in [0.25, 0.3) is 0 Å². The van der Waals surface area contributed by atoms with Crippen molar-refractivity contribution >= 4 is 5.91 Å². The van der Waals surface area contributed by atoms with E-state index in [4.69, 9.17) is 4.74 Å². The van der Waals surface area contributed by atoms with Gasteiger partial charge >= 0.3 is 0 Å². The second kappa shape index (κ2) is 7.71. The number of carbonyl (C=O) groups is 1. The van der Waals surface area contributed by atoms with Crippen molar-refractivity contribution in [1.82, 2.24) is 5.32 Å². The quantitative estimate of drug-likeness (QED) is 0.738. The Morgan fingerprint density at radius 3 is 2.59 bits per heavy atom. The van der Waals surface area contributed by atoms with Gasteiger partial charge in [-0.2, -0.15) is 0 Å². The van der Waals surface area contributed by atoms with Crippen LogP contribution in [0.5, 0.6) is 5.75 Å². The van der Waals surface area contributed by atoms with E-state index in [9.17, 15) is 4.79 Å². The molecule has 1 amide bonds. The van der Waals surface area contributed by atoms with E-state index in [-0.39, 0.29) is 5.91 Å². The van der Waals surface area contributed by atoms with E-state index in [1.165, 1.54) is 5.56 Å². The standard InChI is InChI=1S/C14H21NO2/c1-3-15-14(16)6-4-5-11-17-13-9-7-12(2)8-10-13/h7-10H,3-6,11H2,1-2H3,(H,15,16). The molecule has 3 heteroatoms. The summed E-state index contributed by atoms with van der Waals surface area (Å²) in [5.74, 6) is 1.02. The summed E-state index contributed by atoms with van der Waals surface area (Å²) < 4.78 is 5.57. The van der Waals surface area contributed by atoms with Crippen molar-refractivity contribution in [3.8, 4) is 5.75 Å². The second-order valence-electron chi connectivity index (χ2n) is 4.07. The Kier molecular flexibility index (Phi) is 6.15. The Hall–Kier alpha value is -1.51. The molecule has 0 heterocycles. The largest absolute Gasteiger partial charge is 0.494 e. The number of unbranched alkanes of at least 4 members (excludes halogenated alkanes) is 1. The summed E-state index contributed by atoms with van der Waals surface area (Å²) in [5.41, 5.74) is 1.23. The van der Waals surface area contributed by atoms with Gasteiger partial charge in [-0.3, -0.25) is 4.79 Å². The predicted octanol–water partition coefficient (Wildman–Crippen LogP) is 2.68. The van der Waals surface area contributed by atoms with E-state index in [1.54, 1.807) is 0 Å². The molecule has 17 heavy (non-hydrogen) atoms. The van der Waals surface area contributed by atoms with Crippen molar-refractivity contribution in [2.24, 2.45) is 0 Å². The second-order valence-corrected chi connectivity index (χ2v) is 4.07. The summed E-state index contributed by atoms with van der Waals surface area (Å²) in [6.45, 7) is 5.36. The maximum absolute atomic E-state index is 11.2. The number of benzene rings is 1. The van der Waals surface area contributed by atoms with Crippen LogP contribution in [0.3, 0.4) is 0 Å². The molecule has 1 N–H and O–H groups in total. The molecule has 0 saturated heterocycles. The lowest BCUT2D eigenvalue weighted by Crippen LogP contribution is -2.22. The van der Waals surface area contributed by atoms with Crippen LogP contribution in [-0.2, 0) is 4.79 Å². The fourth-order valence-electron chi connectivity index (χ4n) is 1.50. The molecule has 94 valence electrons. The Labute approximate surface area is 103 Å². The molecule has 3 nitrogen and oxygen atoms in total. The van der Waals surface area contributed by atoms with Crippen LogP contribution >= 0.6 is 0 Å². The SMILES string of the molecule is CCNC(=O)CCCCOc1ccc(C)cc1. The minimum absolute atomic E-state index is 0.128. The molecule has 0 aliphatic rings. The Morgan fingerprint density at radius 1 is 1.24 bits per heavy atom. The lowest BCUT2D eigenvalue weighted by Gasteiger charge is -2.06.